The number of aromatic nitrogens is 2. The normalized spacial score (nSPS) is 10.5. The first-order chi connectivity index (χ1) is 9.16. The first kappa shape index (κ1) is 13.1. The lowest BCUT2D eigenvalue weighted by Crippen LogP contribution is -2.25. The van der Waals surface area contributed by atoms with Crippen molar-refractivity contribution >= 4 is 11.6 Å². The summed E-state index contributed by atoms with van der Waals surface area (Å²) >= 11 is 0. The molecule has 0 aliphatic heterocycles. The summed E-state index contributed by atoms with van der Waals surface area (Å²) in [4.78, 5) is 12.2. The van der Waals surface area contributed by atoms with Gasteiger partial charge >= 0.3 is 0 Å². The van der Waals surface area contributed by atoms with Crippen LogP contribution in [0, 0.1) is 0 Å². The second-order valence-electron chi connectivity index (χ2n) is 4.61. The third-order valence-corrected chi connectivity index (χ3v) is 2.61. The van der Waals surface area contributed by atoms with Gasteiger partial charge in [0.2, 0.25) is 0 Å². The Balaban J connectivity index is 2.06. The van der Waals surface area contributed by atoms with Gasteiger partial charge in [0.05, 0.1) is 17.8 Å². The van der Waals surface area contributed by atoms with Crippen molar-refractivity contribution in [2.75, 3.05) is 5.32 Å². The molecule has 19 heavy (non-hydrogen) atoms. The van der Waals surface area contributed by atoms with E-state index in [1.165, 1.54) is 0 Å². The highest BCUT2D eigenvalue weighted by atomic mass is 16.1. The van der Waals surface area contributed by atoms with Crippen molar-refractivity contribution < 1.29 is 4.79 Å². The Morgan fingerprint density at radius 2 is 2.11 bits per heavy atom. The van der Waals surface area contributed by atoms with Crippen molar-refractivity contribution in [2.24, 2.45) is 0 Å². The van der Waals surface area contributed by atoms with Crippen LogP contribution in [0.4, 0.5) is 5.69 Å². The number of para-hydroxylation sites is 1. The molecule has 1 heterocycles. The number of benzene rings is 1. The topological polar surface area (TPSA) is 69.8 Å². The Kier molecular flexibility index (Phi) is 4.18. The monoisotopic (exact) mass is 258 g/mol. The van der Waals surface area contributed by atoms with Crippen LogP contribution in [-0.4, -0.2) is 22.1 Å². The summed E-state index contributed by atoms with van der Waals surface area (Å²) in [6, 6.07) is 9.60. The SMILES string of the molecule is CC(C)Nc1ccccc1C(=O)NCc1ccn[nH]1. The second kappa shape index (κ2) is 6.04. The number of hydrogen-bond acceptors (Lipinski definition) is 3. The Bertz CT molecular complexity index is 534. The first-order valence-corrected chi connectivity index (χ1v) is 6.29. The second-order valence-corrected chi connectivity index (χ2v) is 4.61. The van der Waals surface area contributed by atoms with Gasteiger partial charge in [0.15, 0.2) is 0 Å². The molecule has 5 heteroatoms. The molecule has 0 spiro atoms. The molecule has 0 aliphatic carbocycles. The van der Waals surface area contributed by atoms with Gasteiger partial charge in [0.1, 0.15) is 0 Å². The van der Waals surface area contributed by atoms with Gasteiger partial charge in [-0.25, -0.2) is 0 Å². The van der Waals surface area contributed by atoms with Crippen LogP contribution in [0.25, 0.3) is 0 Å². The molecule has 0 radical (unpaired) electrons. The average molecular weight is 258 g/mol. The number of rotatable bonds is 5. The zero-order valence-electron chi connectivity index (χ0n) is 11.1. The number of anilines is 1. The number of amides is 1. The van der Waals surface area contributed by atoms with Crippen LogP contribution in [-0.2, 0) is 6.54 Å². The first-order valence-electron chi connectivity index (χ1n) is 6.29. The standard InChI is InChI=1S/C14H18N4O/c1-10(2)17-13-6-4-3-5-12(13)14(19)15-9-11-7-8-16-18-11/h3-8,10,17H,9H2,1-2H3,(H,15,19)(H,16,18). The minimum atomic E-state index is -0.0987. The summed E-state index contributed by atoms with van der Waals surface area (Å²) in [5, 5.41) is 12.8. The molecule has 1 aromatic heterocycles. The third kappa shape index (κ3) is 3.58. The van der Waals surface area contributed by atoms with E-state index < -0.39 is 0 Å². The maximum Gasteiger partial charge on any atom is 0.253 e. The van der Waals surface area contributed by atoms with Crippen LogP contribution in [0.1, 0.15) is 29.9 Å². The summed E-state index contributed by atoms with van der Waals surface area (Å²) < 4.78 is 0. The molecule has 1 amide bonds. The van der Waals surface area contributed by atoms with Crippen LogP contribution in [0.5, 0.6) is 0 Å². The zero-order chi connectivity index (χ0) is 13.7. The largest absolute Gasteiger partial charge is 0.382 e. The van der Waals surface area contributed by atoms with Crippen molar-refractivity contribution in [1.29, 1.82) is 0 Å². The lowest BCUT2D eigenvalue weighted by Gasteiger charge is -2.14. The molecule has 0 unspecified atom stereocenters. The number of aromatic amines is 1. The van der Waals surface area contributed by atoms with Crippen molar-refractivity contribution in [1.82, 2.24) is 15.5 Å². The van der Waals surface area contributed by atoms with Gasteiger partial charge < -0.3 is 10.6 Å². The summed E-state index contributed by atoms with van der Waals surface area (Å²) in [5.74, 6) is -0.0987. The molecule has 2 aromatic rings. The summed E-state index contributed by atoms with van der Waals surface area (Å²) in [7, 11) is 0. The molecule has 3 N–H and O–H groups in total. The predicted octanol–water partition coefficient (Wildman–Crippen LogP) is 2.16. The van der Waals surface area contributed by atoms with Crippen LogP contribution in [0.3, 0.4) is 0 Å². The molecule has 0 bridgehead atoms. The Hall–Kier alpha value is -2.30. The number of nitrogens with one attached hydrogen (secondary N) is 3. The number of hydrogen-bond donors (Lipinski definition) is 3. The molecule has 5 nitrogen and oxygen atoms in total. The average Bonchev–Trinajstić information content (AvgIpc) is 2.89. The minimum absolute atomic E-state index is 0.0987. The molecule has 0 saturated heterocycles. The van der Waals surface area contributed by atoms with Gasteiger partial charge in [-0.1, -0.05) is 12.1 Å². The number of carbonyl (C=O) groups excluding carboxylic acids is 1. The smallest absolute Gasteiger partial charge is 0.253 e. The maximum absolute atomic E-state index is 12.2. The van der Waals surface area contributed by atoms with E-state index in [1.807, 2.05) is 44.2 Å². The Morgan fingerprint density at radius 1 is 1.32 bits per heavy atom. The highest BCUT2D eigenvalue weighted by Gasteiger charge is 2.11. The summed E-state index contributed by atoms with van der Waals surface area (Å²) in [6.07, 6.45) is 1.66. The molecule has 2 rings (SSSR count). The van der Waals surface area contributed by atoms with E-state index in [1.54, 1.807) is 6.20 Å². The van der Waals surface area contributed by atoms with E-state index >= 15 is 0 Å². The van der Waals surface area contributed by atoms with E-state index in [-0.39, 0.29) is 11.9 Å². The minimum Gasteiger partial charge on any atom is -0.382 e. The molecule has 0 fully saturated rings. The molecule has 0 saturated carbocycles. The van der Waals surface area contributed by atoms with Gasteiger partial charge in [-0.2, -0.15) is 5.10 Å². The highest BCUT2D eigenvalue weighted by Crippen LogP contribution is 2.16. The van der Waals surface area contributed by atoms with E-state index in [0.717, 1.165) is 11.4 Å². The predicted molar refractivity (Wildman–Crippen MR) is 75.0 cm³/mol. The number of H-pyrrole nitrogens is 1. The van der Waals surface area contributed by atoms with Crippen LogP contribution < -0.4 is 10.6 Å². The fraction of sp³-hybridized carbons (Fsp3) is 0.286. The Morgan fingerprint density at radius 3 is 2.79 bits per heavy atom. The maximum atomic E-state index is 12.2. The van der Waals surface area contributed by atoms with E-state index in [2.05, 4.69) is 20.8 Å². The van der Waals surface area contributed by atoms with E-state index in [4.69, 9.17) is 0 Å². The Labute approximate surface area is 112 Å². The van der Waals surface area contributed by atoms with E-state index in [0.29, 0.717) is 12.1 Å². The lowest BCUT2D eigenvalue weighted by atomic mass is 10.1. The van der Waals surface area contributed by atoms with Crippen molar-refractivity contribution in [2.45, 2.75) is 26.4 Å². The lowest BCUT2D eigenvalue weighted by molar-refractivity contribution is 0.0951. The van der Waals surface area contributed by atoms with Gasteiger partial charge in [-0.15, -0.1) is 0 Å². The van der Waals surface area contributed by atoms with Gasteiger partial charge in [0.25, 0.3) is 5.91 Å². The fourth-order valence-corrected chi connectivity index (χ4v) is 1.77. The quantitative estimate of drug-likeness (QED) is 0.769. The van der Waals surface area contributed by atoms with Crippen LogP contribution in [0.2, 0.25) is 0 Å². The molecule has 100 valence electrons. The molecule has 1 aromatic carbocycles. The van der Waals surface area contributed by atoms with Crippen LogP contribution in [0.15, 0.2) is 36.5 Å². The summed E-state index contributed by atoms with van der Waals surface area (Å²) in [5.41, 5.74) is 2.37. The molecular weight excluding hydrogens is 240 g/mol. The van der Waals surface area contributed by atoms with Crippen molar-refractivity contribution in [3.8, 4) is 0 Å². The summed E-state index contributed by atoms with van der Waals surface area (Å²) in [6.45, 7) is 4.52. The zero-order valence-corrected chi connectivity index (χ0v) is 11.1. The number of nitrogens with zero attached hydrogens (tertiary/aromatic N) is 1. The van der Waals surface area contributed by atoms with Crippen molar-refractivity contribution in [3.05, 3.63) is 47.8 Å². The molecular formula is C14H18N4O. The molecule has 0 atom stereocenters. The number of carbonyl (C=O) groups is 1. The van der Waals surface area contributed by atoms with Gasteiger partial charge in [-0.3, -0.25) is 9.89 Å². The van der Waals surface area contributed by atoms with Crippen molar-refractivity contribution in [3.63, 3.8) is 0 Å². The fourth-order valence-electron chi connectivity index (χ4n) is 1.77. The highest BCUT2D eigenvalue weighted by molar-refractivity contribution is 5.99. The van der Waals surface area contributed by atoms with Gasteiger partial charge in [0, 0.05) is 17.9 Å². The molecule has 0 aliphatic rings. The van der Waals surface area contributed by atoms with E-state index in [9.17, 15) is 4.79 Å². The van der Waals surface area contributed by atoms with Gasteiger partial charge in [-0.05, 0) is 32.0 Å². The third-order valence-electron chi connectivity index (χ3n) is 2.61. The van der Waals surface area contributed by atoms with Crippen LogP contribution >= 0.6 is 0 Å².